The zero-order chi connectivity index (χ0) is 23.0. The number of hydrogen-bond acceptors (Lipinski definition) is 8. The molecule has 9 nitrogen and oxygen atoms in total. The maximum Gasteiger partial charge on any atom is 0.344 e. The summed E-state index contributed by atoms with van der Waals surface area (Å²) in [6.45, 7) is 4.95. The highest BCUT2D eigenvalue weighted by Gasteiger charge is 2.31. The Morgan fingerprint density at radius 1 is 0.968 bits per heavy atom. The third-order valence-electron chi connectivity index (χ3n) is 4.11. The molecule has 0 aliphatic carbocycles. The number of furan rings is 1. The van der Waals surface area contributed by atoms with Gasteiger partial charge in [0.2, 0.25) is 5.88 Å². The Morgan fingerprint density at radius 2 is 1.58 bits per heavy atom. The second-order valence-corrected chi connectivity index (χ2v) is 6.12. The van der Waals surface area contributed by atoms with Crippen LogP contribution in [0.2, 0.25) is 0 Å². The third kappa shape index (κ3) is 5.65. The standard InChI is InChI=1S/C22H25NO8/c1-6-29-21(25)18-13(3)31-20(19(18)22(26)30-7-2)23-17(24)11-9-14-8-10-15(27-4)16(12-14)28-5/h8-12H,6-7H2,1-5H3,(H,23,24)/b11-9+. The quantitative estimate of drug-likeness (QED) is 0.473. The second kappa shape index (κ2) is 10.9. The van der Waals surface area contributed by atoms with E-state index in [1.807, 2.05) is 0 Å². The summed E-state index contributed by atoms with van der Waals surface area (Å²) in [5.41, 5.74) is 0.409. The van der Waals surface area contributed by atoms with Gasteiger partial charge in [-0.05, 0) is 44.5 Å². The van der Waals surface area contributed by atoms with Gasteiger partial charge in [0.05, 0.1) is 27.4 Å². The van der Waals surface area contributed by atoms with E-state index in [0.717, 1.165) is 0 Å². The molecule has 0 spiro atoms. The number of nitrogens with one attached hydrogen (secondary N) is 1. The first kappa shape index (κ1) is 23.5. The Labute approximate surface area is 179 Å². The van der Waals surface area contributed by atoms with Crippen LogP contribution in [0.5, 0.6) is 11.5 Å². The molecule has 0 aliphatic heterocycles. The average Bonchev–Trinajstić information content (AvgIpc) is 3.07. The van der Waals surface area contributed by atoms with Gasteiger partial charge in [-0.15, -0.1) is 0 Å². The highest BCUT2D eigenvalue weighted by molar-refractivity contribution is 6.11. The number of carbonyl (C=O) groups excluding carboxylic acids is 3. The van der Waals surface area contributed by atoms with Crippen LogP contribution in [0.1, 0.15) is 45.9 Å². The molecule has 1 heterocycles. The zero-order valence-electron chi connectivity index (χ0n) is 18.1. The third-order valence-corrected chi connectivity index (χ3v) is 4.11. The minimum Gasteiger partial charge on any atom is -0.493 e. The SMILES string of the molecule is CCOC(=O)c1c(C)oc(NC(=O)/C=C/c2ccc(OC)c(OC)c2)c1C(=O)OCC. The van der Waals surface area contributed by atoms with Gasteiger partial charge in [-0.25, -0.2) is 9.59 Å². The Bertz CT molecular complexity index is 990. The summed E-state index contributed by atoms with van der Waals surface area (Å²) in [5.74, 6) is -1.13. The van der Waals surface area contributed by atoms with E-state index in [2.05, 4.69) is 5.32 Å². The Morgan fingerprint density at radius 3 is 2.16 bits per heavy atom. The molecule has 0 radical (unpaired) electrons. The number of esters is 2. The van der Waals surface area contributed by atoms with Crippen LogP contribution in [0.15, 0.2) is 28.7 Å². The number of rotatable bonds is 9. The second-order valence-electron chi connectivity index (χ2n) is 6.12. The fourth-order valence-electron chi connectivity index (χ4n) is 2.76. The van der Waals surface area contributed by atoms with Crippen LogP contribution < -0.4 is 14.8 Å². The van der Waals surface area contributed by atoms with Gasteiger partial charge < -0.3 is 23.4 Å². The van der Waals surface area contributed by atoms with Gasteiger partial charge in [-0.3, -0.25) is 10.1 Å². The number of amides is 1. The highest BCUT2D eigenvalue weighted by atomic mass is 16.5. The van der Waals surface area contributed by atoms with Crippen molar-refractivity contribution in [3.63, 3.8) is 0 Å². The van der Waals surface area contributed by atoms with E-state index in [1.165, 1.54) is 27.2 Å². The molecule has 0 fully saturated rings. The number of carbonyl (C=O) groups is 3. The number of ether oxygens (including phenoxy) is 4. The van der Waals surface area contributed by atoms with Crippen LogP contribution >= 0.6 is 0 Å². The molecule has 2 rings (SSSR count). The molecule has 1 aromatic heterocycles. The summed E-state index contributed by atoms with van der Waals surface area (Å²) in [6.07, 6.45) is 2.79. The molecule has 1 amide bonds. The van der Waals surface area contributed by atoms with Gasteiger partial charge in [-0.1, -0.05) is 6.07 Å². The minimum atomic E-state index is -0.804. The van der Waals surface area contributed by atoms with Crippen molar-refractivity contribution >= 4 is 29.8 Å². The molecule has 1 N–H and O–H groups in total. The van der Waals surface area contributed by atoms with Crippen molar-refractivity contribution in [2.24, 2.45) is 0 Å². The molecule has 0 saturated heterocycles. The van der Waals surface area contributed by atoms with E-state index in [-0.39, 0.29) is 36.0 Å². The molecular weight excluding hydrogens is 406 g/mol. The van der Waals surface area contributed by atoms with Crippen molar-refractivity contribution < 1.29 is 37.7 Å². The summed E-state index contributed by atoms with van der Waals surface area (Å²) in [6, 6.07) is 5.14. The first-order valence-corrected chi connectivity index (χ1v) is 9.54. The van der Waals surface area contributed by atoms with E-state index < -0.39 is 17.8 Å². The molecule has 0 atom stereocenters. The van der Waals surface area contributed by atoms with Gasteiger partial charge in [-0.2, -0.15) is 0 Å². The molecule has 0 saturated carbocycles. The van der Waals surface area contributed by atoms with Gasteiger partial charge in [0.25, 0.3) is 5.91 Å². The number of benzene rings is 1. The first-order chi connectivity index (χ1) is 14.9. The van der Waals surface area contributed by atoms with Crippen LogP contribution in [0, 0.1) is 6.92 Å². The Hall–Kier alpha value is -3.75. The molecule has 2 aromatic rings. The maximum atomic E-state index is 12.4. The van der Waals surface area contributed by atoms with Crippen molar-refractivity contribution in [1.29, 1.82) is 0 Å². The molecule has 31 heavy (non-hydrogen) atoms. The summed E-state index contributed by atoms with van der Waals surface area (Å²) in [4.78, 5) is 37.1. The van der Waals surface area contributed by atoms with Crippen molar-refractivity contribution in [2.45, 2.75) is 20.8 Å². The summed E-state index contributed by atoms with van der Waals surface area (Å²) >= 11 is 0. The van der Waals surface area contributed by atoms with Crippen molar-refractivity contribution in [3.8, 4) is 11.5 Å². The van der Waals surface area contributed by atoms with E-state index in [9.17, 15) is 14.4 Å². The van der Waals surface area contributed by atoms with E-state index in [1.54, 1.807) is 38.1 Å². The molecule has 0 unspecified atom stereocenters. The summed E-state index contributed by atoms with van der Waals surface area (Å²) < 4.78 is 25.9. The Kier molecular flexibility index (Phi) is 8.25. The van der Waals surface area contributed by atoms with E-state index in [4.69, 9.17) is 23.4 Å². The smallest absolute Gasteiger partial charge is 0.344 e. The average molecular weight is 431 g/mol. The van der Waals surface area contributed by atoms with E-state index >= 15 is 0 Å². The predicted octanol–water partition coefficient (Wildman–Crippen LogP) is 3.61. The monoisotopic (exact) mass is 431 g/mol. The molecule has 0 bridgehead atoms. The lowest BCUT2D eigenvalue weighted by Crippen LogP contribution is -2.16. The lowest BCUT2D eigenvalue weighted by atomic mass is 10.1. The lowest BCUT2D eigenvalue weighted by Gasteiger charge is -2.07. The van der Waals surface area contributed by atoms with Gasteiger partial charge in [0, 0.05) is 6.08 Å². The largest absolute Gasteiger partial charge is 0.493 e. The normalized spacial score (nSPS) is 10.6. The molecular formula is C22H25NO8. The molecule has 1 aromatic carbocycles. The van der Waals surface area contributed by atoms with Crippen molar-refractivity contribution in [3.05, 3.63) is 46.7 Å². The Balaban J connectivity index is 2.30. The highest BCUT2D eigenvalue weighted by Crippen LogP contribution is 2.30. The number of methoxy groups -OCH3 is 2. The molecule has 0 aliphatic rings. The maximum absolute atomic E-state index is 12.4. The van der Waals surface area contributed by atoms with Crippen molar-refractivity contribution in [1.82, 2.24) is 0 Å². The topological polar surface area (TPSA) is 113 Å². The van der Waals surface area contributed by atoms with Crippen LogP contribution in [0.4, 0.5) is 5.88 Å². The zero-order valence-corrected chi connectivity index (χ0v) is 18.1. The minimum absolute atomic E-state index is 0.0813. The summed E-state index contributed by atoms with van der Waals surface area (Å²) in [7, 11) is 3.03. The lowest BCUT2D eigenvalue weighted by molar-refractivity contribution is -0.111. The van der Waals surface area contributed by atoms with Crippen LogP contribution in [-0.4, -0.2) is 45.3 Å². The molecule has 9 heteroatoms. The van der Waals surface area contributed by atoms with Gasteiger partial charge in [0.1, 0.15) is 16.9 Å². The summed E-state index contributed by atoms with van der Waals surface area (Å²) in [5, 5.41) is 2.47. The fourth-order valence-corrected chi connectivity index (χ4v) is 2.76. The predicted molar refractivity (Wildman–Crippen MR) is 113 cm³/mol. The number of aryl methyl sites for hydroxylation is 1. The van der Waals surface area contributed by atoms with Crippen molar-refractivity contribution in [2.75, 3.05) is 32.8 Å². The first-order valence-electron chi connectivity index (χ1n) is 9.54. The number of anilines is 1. The van der Waals surface area contributed by atoms with E-state index in [0.29, 0.717) is 17.1 Å². The molecule has 166 valence electrons. The van der Waals surface area contributed by atoms with Gasteiger partial charge in [0.15, 0.2) is 11.5 Å². The van der Waals surface area contributed by atoms with Crippen LogP contribution in [0.25, 0.3) is 6.08 Å². The van der Waals surface area contributed by atoms with Crippen LogP contribution in [-0.2, 0) is 14.3 Å². The van der Waals surface area contributed by atoms with Gasteiger partial charge >= 0.3 is 11.9 Å². The number of hydrogen-bond donors (Lipinski definition) is 1. The van der Waals surface area contributed by atoms with Crippen LogP contribution in [0.3, 0.4) is 0 Å². The fraction of sp³-hybridized carbons (Fsp3) is 0.318.